The van der Waals surface area contributed by atoms with Crippen molar-refractivity contribution in [1.82, 2.24) is 15.1 Å². The molecule has 3 aromatic carbocycles. The first kappa shape index (κ1) is 17.9. The number of rotatable bonds is 5. The minimum atomic E-state index is -0.533. The molecule has 1 aromatic heterocycles. The van der Waals surface area contributed by atoms with E-state index in [0.29, 0.717) is 5.56 Å². The molecule has 0 saturated carbocycles. The number of aromatic nitrogens is 2. The van der Waals surface area contributed by atoms with Crippen molar-refractivity contribution in [2.75, 3.05) is 0 Å². The van der Waals surface area contributed by atoms with E-state index in [1.807, 2.05) is 54.6 Å². The highest BCUT2D eigenvalue weighted by Crippen LogP contribution is 2.29. The first-order valence-electron chi connectivity index (χ1n) is 9.19. The van der Waals surface area contributed by atoms with Gasteiger partial charge in [-0.15, -0.1) is 0 Å². The fourth-order valence-corrected chi connectivity index (χ4v) is 3.28. The fraction of sp³-hybridized carbons (Fsp3) is 0.130. The Morgan fingerprint density at radius 2 is 1.68 bits per heavy atom. The molecule has 0 bridgehead atoms. The van der Waals surface area contributed by atoms with Crippen LogP contribution in [0.4, 0.5) is 4.39 Å². The quantitative estimate of drug-likeness (QED) is 0.550. The summed E-state index contributed by atoms with van der Waals surface area (Å²) < 4.78 is 15.5. The molecule has 4 aromatic rings. The second kappa shape index (κ2) is 7.64. The van der Waals surface area contributed by atoms with E-state index in [0.717, 1.165) is 22.2 Å². The molecule has 5 heteroatoms. The largest absolute Gasteiger partial charge is 0.350 e. The Morgan fingerprint density at radius 1 is 1.00 bits per heavy atom. The van der Waals surface area contributed by atoms with Gasteiger partial charge < -0.3 is 5.32 Å². The van der Waals surface area contributed by atoms with E-state index in [2.05, 4.69) is 5.32 Å². The monoisotopic (exact) mass is 373 g/mol. The Kier molecular flexibility index (Phi) is 4.89. The molecule has 0 spiro atoms. The molecule has 0 fully saturated rings. The van der Waals surface area contributed by atoms with Crippen LogP contribution in [0.5, 0.6) is 0 Å². The van der Waals surface area contributed by atoms with Gasteiger partial charge in [-0.2, -0.15) is 5.10 Å². The number of para-hydroxylation sites is 1. The van der Waals surface area contributed by atoms with Gasteiger partial charge in [0, 0.05) is 23.1 Å². The standard InChI is InChI=1S/C23H20FN3O/c1-16(23(28)25-15-18-11-5-7-13-20(18)24)27-21-14-8-6-12-19(21)22(26-27)17-9-3-2-4-10-17/h2-14,16H,15H2,1H3,(H,25,28). The van der Waals surface area contributed by atoms with Crippen molar-refractivity contribution < 1.29 is 9.18 Å². The smallest absolute Gasteiger partial charge is 0.244 e. The van der Waals surface area contributed by atoms with Crippen LogP contribution >= 0.6 is 0 Å². The number of nitrogens with one attached hydrogen (secondary N) is 1. The highest BCUT2D eigenvalue weighted by molar-refractivity contribution is 5.94. The number of hydrogen-bond acceptors (Lipinski definition) is 2. The molecular weight excluding hydrogens is 353 g/mol. The maximum absolute atomic E-state index is 13.8. The van der Waals surface area contributed by atoms with Crippen molar-refractivity contribution in [2.45, 2.75) is 19.5 Å². The predicted molar refractivity (Wildman–Crippen MR) is 108 cm³/mol. The van der Waals surface area contributed by atoms with Crippen LogP contribution in [0.1, 0.15) is 18.5 Å². The van der Waals surface area contributed by atoms with E-state index in [1.54, 1.807) is 29.8 Å². The van der Waals surface area contributed by atoms with Gasteiger partial charge in [-0.1, -0.05) is 66.7 Å². The van der Waals surface area contributed by atoms with E-state index in [1.165, 1.54) is 6.07 Å². The van der Waals surface area contributed by atoms with Gasteiger partial charge in [0.1, 0.15) is 17.6 Å². The summed E-state index contributed by atoms with van der Waals surface area (Å²) >= 11 is 0. The van der Waals surface area contributed by atoms with Crippen LogP contribution in [-0.2, 0) is 11.3 Å². The predicted octanol–water partition coefficient (Wildman–Crippen LogP) is 4.72. The molecule has 4 rings (SSSR count). The van der Waals surface area contributed by atoms with Crippen molar-refractivity contribution in [2.24, 2.45) is 0 Å². The third-order valence-electron chi connectivity index (χ3n) is 4.82. The Morgan fingerprint density at radius 3 is 2.46 bits per heavy atom. The number of benzene rings is 3. The summed E-state index contributed by atoms with van der Waals surface area (Å²) in [7, 11) is 0. The van der Waals surface area contributed by atoms with Crippen molar-refractivity contribution in [3.05, 3.63) is 90.2 Å². The summed E-state index contributed by atoms with van der Waals surface area (Å²) in [5.74, 6) is -0.539. The molecule has 1 amide bonds. The lowest BCUT2D eigenvalue weighted by Gasteiger charge is -2.14. The average molecular weight is 373 g/mol. The van der Waals surface area contributed by atoms with Gasteiger partial charge in [-0.25, -0.2) is 4.39 Å². The SMILES string of the molecule is CC(C(=O)NCc1ccccc1F)n1nc(-c2ccccc2)c2ccccc21. The molecule has 0 aliphatic carbocycles. The zero-order valence-corrected chi connectivity index (χ0v) is 15.5. The molecule has 1 atom stereocenters. The number of hydrogen-bond donors (Lipinski definition) is 1. The van der Waals surface area contributed by atoms with E-state index in [4.69, 9.17) is 5.10 Å². The van der Waals surface area contributed by atoms with Gasteiger partial charge in [-0.3, -0.25) is 9.48 Å². The van der Waals surface area contributed by atoms with Crippen molar-refractivity contribution in [1.29, 1.82) is 0 Å². The van der Waals surface area contributed by atoms with Gasteiger partial charge in [-0.05, 0) is 19.1 Å². The molecule has 0 aliphatic rings. The van der Waals surface area contributed by atoms with Gasteiger partial charge >= 0.3 is 0 Å². The lowest BCUT2D eigenvalue weighted by molar-refractivity contribution is -0.124. The maximum atomic E-state index is 13.8. The molecule has 1 heterocycles. The first-order valence-corrected chi connectivity index (χ1v) is 9.19. The van der Waals surface area contributed by atoms with E-state index in [9.17, 15) is 9.18 Å². The fourth-order valence-electron chi connectivity index (χ4n) is 3.28. The average Bonchev–Trinajstić information content (AvgIpc) is 3.13. The van der Waals surface area contributed by atoms with Crippen LogP contribution in [0.2, 0.25) is 0 Å². The number of nitrogens with zero attached hydrogens (tertiary/aromatic N) is 2. The highest BCUT2D eigenvalue weighted by atomic mass is 19.1. The Balaban J connectivity index is 1.63. The first-order chi connectivity index (χ1) is 13.6. The van der Waals surface area contributed by atoms with Gasteiger partial charge in [0.15, 0.2) is 0 Å². The molecule has 4 nitrogen and oxygen atoms in total. The summed E-state index contributed by atoms with van der Waals surface area (Å²) in [6, 6.07) is 23.6. The number of carbonyl (C=O) groups excluding carboxylic acids is 1. The Labute approximate surface area is 162 Å². The van der Waals surface area contributed by atoms with Gasteiger partial charge in [0.25, 0.3) is 0 Å². The number of halogens is 1. The topological polar surface area (TPSA) is 46.9 Å². The normalized spacial score (nSPS) is 12.1. The summed E-state index contributed by atoms with van der Waals surface area (Å²) in [6.07, 6.45) is 0. The second-order valence-electron chi connectivity index (χ2n) is 6.66. The third kappa shape index (κ3) is 3.39. The van der Waals surface area contributed by atoms with Crippen LogP contribution in [0.25, 0.3) is 22.2 Å². The molecule has 0 radical (unpaired) electrons. The molecule has 140 valence electrons. The van der Waals surface area contributed by atoms with Gasteiger partial charge in [0.2, 0.25) is 5.91 Å². The minimum Gasteiger partial charge on any atom is -0.350 e. The summed E-state index contributed by atoms with van der Waals surface area (Å²) in [4.78, 5) is 12.7. The number of amides is 1. The maximum Gasteiger partial charge on any atom is 0.244 e. The van der Waals surface area contributed by atoms with Crippen LogP contribution in [0.15, 0.2) is 78.9 Å². The lowest BCUT2D eigenvalue weighted by atomic mass is 10.1. The molecule has 28 heavy (non-hydrogen) atoms. The number of carbonyl (C=O) groups is 1. The second-order valence-corrected chi connectivity index (χ2v) is 6.66. The third-order valence-corrected chi connectivity index (χ3v) is 4.82. The Hall–Kier alpha value is -3.47. The van der Waals surface area contributed by atoms with Crippen LogP contribution < -0.4 is 5.32 Å². The van der Waals surface area contributed by atoms with E-state index in [-0.39, 0.29) is 18.3 Å². The van der Waals surface area contributed by atoms with Crippen molar-refractivity contribution in [3.63, 3.8) is 0 Å². The summed E-state index contributed by atoms with van der Waals surface area (Å²) in [5, 5.41) is 8.54. The van der Waals surface area contributed by atoms with E-state index < -0.39 is 6.04 Å². The minimum absolute atomic E-state index is 0.139. The summed E-state index contributed by atoms with van der Waals surface area (Å²) in [5.41, 5.74) is 3.18. The van der Waals surface area contributed by atoms with E-state index >= 15 is 0 Å². The molecule has 1 N–H and O–H groups in total. The van der Waals surface area contributed by atoms with Crippen LogP contribution in [-0.4, -0.2) is 15.7 Å². The molecule has 1 unspecified atom stereocenters. The van der Waals surface area contributed by atoms with Crippen molar-refractivity contribution in [3.8, 4) is 11.3 Å². The zero-order valence-electron chi connectivity index (χ0n) is 15.5. The molecule has 0 saturated heterocycles. The zero-order chi connectivity index (χ0) is 19.5. The van der Waals surface area contributed by atoms with Crippen LogP contribution in [0.3, 0.4) is 0 Å². The molecular formula is C23H20FN3O. The summed E-state index contributed by atoms with van der Waals surface area (Å²) in [6.45, 7) is 1.94. The van der Waals surface area contributed by atoms with Crippen molar-refractivity contribution >= 4 is 16.8 Å². The number of fused-ring (bicyclic) bond motifs is 1. The lowest BCUT2D eigenvalue weighted by Crippen LogP contribution is -2.31. The van der Waals surface area contributed by atoms with Crippen LogP contribution in [0, 0.1) is 5.82 Å². The Bertz CT molecular complexity index is 1120. The highest BCUT2D eigenvalue weighted by Gasteiger charge is 2.21. The van der Waals surface area contributed by atoms with Gasteiger partial charge in [0.05, 0.1) is 5.52 Å². The molecule has 0 aliphatic heterocycles.